The fourth-order valence-electron chi connectivity index (χ4n) is 5.02. The van der Waals surface area contributed by atoms with E-state index in [0.717, 1.165) is 34.1 Å². The van der Waals surface area contributed by atoms with Gasteiger partial charge in [0.15, 0.2) is 0 Å². The zero-order chi connectivity index (χ0) is 28.4. The molecule has 5 rings (SSSR count). The Bertz CT molecular complexity index is 1540. The van der Waals surface area contributed by atoms with Crippen molar-refractivity contribution in [2.75, 3.05) is 40.4 Å². The second-order valence-corrected chi connectivity index (χ2v) is 10.4. The predicted octanol–water partition coefficient (Wildman–Crippen LogP) is 6.37. The van der Waals surface area contributed by atoms with Crippen molar-refractivity contribution in [2.24, 2.45) is 0 Å². The first kappa shape index (κ1) is 27.6. The third-order valence-corrected chi connectivity index (χ3v) is 7.57. The van der Waals surface area contributed by atoms with Crippen LogP contribution in [0.25, 0.3) is 16.9 Å². The van der Waals surface area contributed by atoms with Crippen LogP contribution in [0.2, 0.25) is 10.0 Å². The number of hydrogen-bond donors (Lipinski definition) is 0. The lowest BCUT2D eigenvalue weighted by atomic mass is 10.1. The molecule has 0 unspecified atom stereocenters. The number of nitrogens with zero attached hydrogens (tertiary/aromatic N) is 3. The Morgan fingerprint density at radius 3 is 1.93 bits per heavy atom. The van der Waals surface area contributed by atoms with E-state index in [0.29, 0.717) is 47.4 Å². The van der Waals surface area contributed by atoms with Gasteiger partial charge in [0.25, 0.3) is 11.8 Å². The van der Waals surface area contributed by atoms with Gasteiger partial charge in [-0.15, -0.1) is 0 Å². The Morgan fingerprint density at radius 1 is 0.725 bits per heavy atom. The Hall–Kier alpha value is -3.94. The maximum Gasteiger partial charge on any atom is 0.255 e. The third kappa shape index (κ3) is 5.53. The second kappa shape index (κ2) is 11.7. The summed E-state index contributed by atoms with van der Waals surface area (Å²) in [5, 5.41) is 0.821. The molecule has 2 amide bonds. The van der Waals surface area contributed by atoms with Crippen LogP contribution in [-0.2, 0) is 0 Å². The summed E-state index contributed by atoms with van der Waals surface area (Å²) >= 11 is 12.2. The van der Waals surface area contributed by atoms with E-state index in [4.69, 9.17) is 32.7 Å². The molecule has 1 aliphatic rings. The number of aromatic nitrogens is 1. The smallest absolute Gasteiger partial charge is 0.255 e. The highest BCUT2D eigenvalue weighted by molar-refractivity contribution is 6.35. The molecule has 1 fully saturated rings. The number of carbonyl (C=O) groups excluding carboxylic acids is 2. The summed E-state index contributed by atoms with van der Waals surface area (Å²) in [7, 11) is 3.26. The average Bonchev–Trinajstić information content (AvgIpc) is 3.32. The van der Waals surface area contributed by atoms with Crippen molar-refractivity contribution < 1.29 is 19.1 Å². The van der Waals surface area contributed by atoms with Gasteiger partial charge >= 0.3 is 0 Å². The van der Waals surface area contributed by atoms with Gasteiger partial charge in [-0.3, -0.25) is 9.59 Å². The van der Waals surface area contributed by atoms with Crippen LogP contribution in [0.3, 0.4) is 0 Å². The molecule has 0 spiro atoms. The van der Waals surface area contributed by atoms with Gasteiger partial charge in [-0.25, -0.2) is 0 Å². The minimum Gasteiger partial charge on any atom is -0.497 e. The number of ether oxygens (including phenoxy) is 2. The van der Waals surface area contributed by atoms with Crippen molar-refractivity contribution in [3.05, 3.63) is 99.7 Å². The molecular weight excluding hydrogens is 549 g/mol. The largest absolute Gasteiger partial charge is 0.497 e. The molecule has 0 aliphatic carbocycles. The van der Waals surface area contributed by atoms with Crippen LogP contribution in [0.1, 0.15) is 26.4 Å². The first-order valence-electron chi connectivity index (χ1n) is 12.8. The quantitative estimate of drug-likeness (QED) is 0.267. The molecule has 2 heterocycles. The van der Waals surface area contributed by atoms with Crippen LogP contribution >= 0.6 is 23.2 Å². The van der Waals surface area contributed by atoms with Gasteiger partial charge in [0, 0.05) is 59.2 Å². The topological polar surface area (TPSA) is 64.0 Å². The van der Waals surface area contributed by atoms with Crippen molar-refractivity contribution in [3.63, 3.8) is 0 Å². The van der Waals surface area contributed by atoms with Crippen molar-refractivity contribution in [3.8, 4) is 28.4 Å². The van der Waals surface area contributed by atoms with Crippen molar-refractivity contribution in [1.29, 1.82) is 0 Å². The highest BCUT2D eigenvalue weighted by atomic mass is 35.5. The van der Waals surface area contributed by atoms with Gasteiger partial charge in [-0.2, -0.15) is 0 Å². The molecule has 1 aromatic heterocycles. The molecule has 206 valence electrons. The molecule has 0 N–H and O–H groups in total. The molecule has 40 heavy (non-hydrogen) atoms. The van der Waals surface area contributed by atoms with Crippen LogP contribution in [0.15, 0.2) is 72.8 Å². The predicted molar refractivity (Wildman–Crippen MR) is 157 cm³/mol. The summed E-state index contributed by atoms with van der Waals surface area (Å²) in [6.07, 6.45) is 0. The normalized spacial score (nSPS) is 13.3. The second-order valence-electron chi connectivity index (χ2n) is 9.54. The average molecular weight is 578 g/mol. The molecule has 3 aromatic carbocycles. The van der Waals surface area contributed by atoms with Crippen molar-refractivity contribution in [2.45, 2.75) is 6.92 Å². The maximum atomic E-state index is 13.8. The number of methoxy groups -OCH3 is 2. The number of hydrogen-bond acceptors (Lipinski definition) is 4. The maximum absolute atomic E-state index is 13.8. The van der Waals surface area contributed by atoms with Gasteiger partial charge in [0.2, 0.25) is 0 Å². The fourth-order valence-corrected chi connectivity index (χ4v) is 5.55. The first-order chi connectivity index (χ1) is 19.3. The van der Waals surface area contributed by atoms with Crippen LogP contribution in [0, 0.1) is 6.92 Å². The van der Waals surface area contributed by atoms with E-state index in [-0.39, 0.29) is 11.8 Å². The SMILES string of the molecule is COc1ccc(-c2cc(C(=O)N3CCN(C(=O)c4cc(Cl)cc(Cl)c4)CC3)c(C)n2-c2cccc(OC)c2)cc1. The highest BCUT2D eigenvalue weighted by Gasteiger charge is 2.29. The zero-order valence-corrected chi connectivity index (χ0v) is 24.0. The standard InChI is InChI=1S/C31H29Cl2N3O4/c1-20-28(31(38)35-13-11-34(12-14-35)30(37)22-15-23(32)17-24(33)16-22)19-29(21-7-9-26(39-2)10-8-21)36(20)25-5-4-6-27(18-25)40-3/h4-10,15-19H,11-14H2,1-3H3. The fraction of sp³-hybridized carbons (Fsp3) is 0.226. The van der Waals surface area contributed by atoms with Gasteiger partial charge in [-0.05, 0) is 73.2 Å². The molecule has 1 aliphatic heterocycles. The van der Waals surface area contributed by atoms with Crippen LogP contribution in [0.4, 0.5) is 0 Å². The number of halogens is 2. The lowest BCUT2D eigenvalue weighted by Crippen LogP contribution is -2.50. The first-order valence-corrected chi connectivity index (χ1v) is 13.6. The van der Waals surface area contributed by atoms with Gasteiger partial charge in [-0.1, -0.05) is 29.3 Å². The summed E-state index contributed by atoms with van der Waals surface area (Å²) < 4.78 is 12.9. The lowest BCUT2D eigenvalue weighted by molar-refractivity contribution is 0.0535. The lowest BCUT2D eigenvalue weighted by Gasteiger charge is -2.35. The van der Waals surface area contributed by atoms with Gasteiger partial charge in [0.1, 0.15) is 11.5 Å². The molecular formula is C31H29Cl2N3O4. The van der Waals surface area contributed by atoms with E-state index < -0.39 is 0 Å². The molecule has 0 saturated carbocycles. The molecule has 4 aromatic rings. The number of carbonyl (C=O) groups is 2. The van der Waals surface area contributed by atoms with E-state index in [9.17, 15) is 9.59 Å². The minimum atomic E-state index is -0.154. The number of amides is 2. The summed E-state index contributed by atoms with van der Waals surface area (Å²) in [6.45, 7) is 3.61. The van der Waals surface area contributed by atoms with E-state index in [1.54, 1.807) is 42.2 Å². The van der Waals surface area contributed by atoms with Gasteiger partial charge in [0.05, 0.1) is 25.5 Å². The Kier molecular flexibility index (Phi) is 8.05. The molecule has 9 heteroatoms. The van der Waals surface area contributed by atoms with Crippen molar-refractivity contribution in [1.82, 2.24) is 14.4 Å². The minimum absolute atomic E-state index is 0.0770. The van der Waals surface area contributed by atoms with E-state index in [1.807, 2.05) is 61.5 Å². The summed E-state index contributed by atoms with van der Waals surface area (Å²) in [5.74, 6) is 1.25. The van der Waals surface area contributed by atoms with E-state index in [2.05, 4.69) is 4.57 Å². The summed E-state index contributed by atoms with van der Waals surface area (Å²) in [5.41, 5.74) is 4.57. The number of rotatable bonds is 6. The van der Waals surface area contributed by atoms with Crippen molar-refractivity contribution >= 4 is 35.0 Å². The monoisotopic (exact) mass is 577 g/mol. The van der Waals surface area contributed by atoms with Crippen LogP contribution in [-0.4, -0.2) is 66.6 Å². The van der Waals surface area contributed by atoms with Crippen LogP contribution in [0.5, 0.6) is 11.5 Å². The van der Waals surface area contributed by atoms with E-state index >= 15 is 0 Å². The third-order valence-electron chi connectivity index (χ3n) is 7.14. The number of benzene rings is 3. The molecule has 7 nitrogen and oxygen atoms in total. The highest BCUT2D eigenvalue weighted by Crippen LogP contribution is 2.32. The molecule has 0 atom stereocenters. The molecule has 0 bridgehead atoms. The number of piperazine rings is 1. The van der Waals surface area contributed by atoms with Crippen LogP contribution < -0.4 is 9.47 Å². The summed E-state index contributed by atoms with van der Waals surface area (Å²) in [6, 6.07) is 22.3. The van der Waals surface area contributed by atoms with Gasteiger partial charge < -0.3 is 23.8 Å². The summed E-state index contributed by atoms with van der Waals surface area (Å²) in [4.78, 5) is 30.4. The molecule has 0 radical (unpaired) electrons. The Labute approximate surface area is 243 Å². The van der Waals surface area contributed by atoms with E-state index in [1.165, 1.54) is 0 Å². The zero-order valence-electron chi connectivity index (χ0n) is 22.5. The Balaban J connectivity index is 1.43. The Morgan fingerprint density at radius 2 is 1.32 bits per heavy atom. The molecule has 1 saturated heterocycles.